The van der Waals surface area contributed by atoms with Crippen molar-refractivity contribution in [3.63, 3.8) is 0 Å². The van der Waals surface area contributed by atoms with Crippen LogP contribution in [0.3, 0.4) is 0 Å². The van der Waals surface area contributed by atoms with Crippen molar-refractivity contribution in [1.29, 1.82) is 0 Å². The Kier molecular flexibility index (Phi) is 5.99. The van der Waals surface area contributed by atoms with Crippen LogP contribution in [-0.2, 0) is 0 Å². The summed E-state index contributed by atoms with van der Waals surface area (Å²) in [4.78, 5) is 0. The van der Waals surface area contributed by atoms with Crippen molar-refractivity contribution < 1.29 is 0 Å². The molecule has 0 bridgehead atoms. The molecule has 0 saturated heterocycles. The Morgan fingerprint density at radius 1 is 0.517 bits per heavy atom. The largest absolute Gasteiger partial charge is 0.356 e. The van der Waals surface area contributed by atoms with Gasteiger partial charge in [-0.1, -0.05) is 109 Å². The van der Waals surface area contributed by atoms with Gasteiger partial charge in [-0.2, -0.15) is 0 Å². The Morgan fingerprint density at radius 3 is 1.55 bits per heavy atom. The van der Waals surface area contributed by atoms with E-state index in [4.69, 9.17) is 0 Å². The number of allylic oxidation sites excluding steroid dienone is 2. The lowest BCUT2D eigenvalue weighted by Crippen LogP contribution is -1.89. The summed E-state index contributed by atoms with van der Waals surface area (Å²) in [7, 11) is 0. The molecule has 0 saturated carbocycles. The molecule has 1 heteroatoms. The fourth-order valence-corrected chi connectivity index (χ4v) is 3.22. The normalized spacial score (nSPS) is 10.6. The lowest BCUT2D eigenvalue weighted by Gasteiger charge is -2.07. The topological polar surface area (TPSA) is 12.0 Å². The summed E-state index contributed by atoms with van der Waals surface area (Å²) in [5.74, 6) is 0. The summed E-state index contributed by atoms with van der Waals surface area (Å²) in [5, 5.41) is 3.41. The van der Waals surface area contributed by atoms with Gasteiger partial charge in [0.05, 0.1) is 0 Å². The van der Waals surface area contributed by atoms with Crippen LogP contribution in [0.5, 0.6) is 0 Å². The molecule has 4 rings (SSSR count). The summed E-state index contributed by atoms with van der Waals surface area (Å²) in [5.41, 5.74) is 6.98. The molecular weight excluding hydrogens is 350 g/mol. The van der Waals surface area contributed by atoms with Crippen molar-refractivity contribution in [2.45, 2.75) is 0 Å². The molecule has 140 valence electrons. The third-order valence-electron chi connectivity index (χ3n) is 4.69. The molecule has 0 heterocycles. The van der Waals surface area contributed by atoms with Gasteiger partial charge < -0.3 is 5.32 Å². The highest BCUT2D eigenvalue weighted by Gasteiger charge is 2.02. The van der Waals surface area contributed by atoms with E-state index in [1.807, 2.05) is 30.3 Å². The first-order valence-corrected chi connectivity index (χ1v) is 9.80. The van der Waals surface area contributed by atoms with Gasteiger partial charge in [0, 0.05) is 11.4 Å². The van der Waals surface area contributed by atoms with Crippen molar-refractivity contribution in [3.05, 3.63) is 144 Å². The lowest BCUT2D eigenvalue weighted by molar-refractivity contribution is 1.54. The predicted octanol–water partition coefficient (Wildman–Crippen LogP) is 7.58. The van der Waals surface area contributed by atoms with Crippen LogP contribution in [0.1, 0.15) is 16.7 Å². The summed E-state index contributed by atoms with van der Waals surface area (Å²) in [6.45, 7) is 0. The van der Waals surface area contributed by atoms with Gasteiger partial charge in [-0.15, -0.1) is 0 Å². The molecule has 0 radical (unpaired) electrons. The maximum absolute atomic E-state index is 3.41. The van der Waals surface area contributed by atoms with Crippen LogP contribution < -0.4 is 5.32 Å². The van der Waals surface area contributed by atoms with Crippen molar-refractivity contribution in [2.75, 3.05) is 5.32 Å². The van der Waals surface area contributed by atoms with Gasteiger partial charge in [-0.05, 0) is 46.5 Å². The number of hydrogen-bond donors (Lipinski definition) is 1. The van der Waals surface area contributed by atoms with Crippen molar-refractivity contribution in [3.8, 4) is 0 Å². The first kappa shape index (κ1) is 18.5. The van der Waals surface area contributed by atoms with Crippen LogP contribution in [0.25, 0.3) is 11.6 Å². The van der Waals surface area contributed by atoms with Crippen LogP contribution in [0, 0.1) is 0 Å². The van der Waals surface area contributed by atoms with Crippen LogP contribution in [0.15, 0.2) is 127 Å². The molecule has 1 nitrogen and oxygen atoms in total. The number of nitrogens with one attached hydrogen (secondary N) is 1. The van der Waals surface area contributed by atoms with E-state index in [0.717, 1.165) is 11.4 Å². The zero-order valence-corrected chi connectivity index (χ0v) is 16.2. The Hall–Kier alpha value is -3.84. The van der Waals surface area contributed by atoms with Gasteiger partial charge in [-0.3, -0.25) is 0 Å². The average molecular weight is 373 g/mol. The molecule has 4 aromatic carbocycles. The third kappa shape index (κ3) is 5.12. The van der Waals surface area contributed by atoms with E-state index < -0.39 is 0 Å². The maximum Gasteiger partial charge on any atom is 0.0384 e. The molecule has 0 aliphatic carbocycles. The molecule has 4 aromatic rings. The molecule has 0 aliphatic rings. The molecule has 0 atom stereocenters. The quantitative estimate of drug-likeness (QED) is 0.344. The monoisotopic (exact) mass is 373 g/mol. The van der Waals surface area contributed by atoms with Gasteiger partial charge in [0.2, 0.25) is 0 Å². The highest BCUT2D eigenvalue weighted by molar-refractivity contribution is 5.81. The number of benzene rings is 4. The molecule has 29 heavy (non-hydrogen) atoms. The highest BCUT2D eigenvalue weighted by Crippen LogP contribution is 2.23. The molecule has 0 unspecified atom stereocenters. The molecule has 1 N–H and O–H groups in total. The molecule has 0 aromatic heterocycles. The van der Waals surface area contributed by atoms with E-state index in [9.17, 15) is 0 Å². The minimum atomic E-state index is 1.08. The number of hydrogen-bond acceptors (Lipinski definition) is 1. The van der Waals surface area contributed by atoms with Gasteiger partial charge in [-0.25, -0.2) is 0 Å². The molecule has 0 amide bonds. The second kappa shape index (κ2) is 9.38. The summed E-state index contributed by atoms with van der Waals surface area (Å²) in [6.07, 6.45) is 6.44. The van der Waals surface area contributed by atoms with E-state index in [-0.39, 0.29) is 0 Å². The minimum Gasteiger partial charge on any atom is -0.356 e. The van der Waals surface area contributed by atoms with Gasteiger partial charge >= 0.3 is 0 Å². The fraction of sp³-hybridized carbons (Fsp3) is 0. The molecular formula is C28H23N. The van der Waals surface area contributed by atoms with Crippen molar-refractivity contribution in [2.24, 2.45) is 0 Å². The molecule has 0 aliphatic heterocycles. The molecule has 0 fully saturated rings. The van der Waals surface area contributed by atoms with E-state index >= 15 is 0 Å². The molecule has 0 spiro atoms. The Balaban J connectivity index is 1.53. The predicted molar refractivity (Wildman–Crippen MR) is 125 cm³/mol. The first-order valence-electron chi connectivity index (χ1n) is 9.80. The van der Waals surface area contributed by atoms with Crippen LogP contribution in [-0.4, -0.2) is 0 Å². The van der Waals surface area contributed by atoms with Gasteiger partial charge in [0.1, 0.15) is 0 Å². The summed E-state index contributed by atoms with van der Waals surface area (Å²) >= 11 is 0. The number of rotatable bonds is 6. The minimum absolute atomic E-state index is 1.08. The van der Waals surface area contributed by atoms with Crippen molar-refractivity contribution in [1.82, 2.24) is 0 Å². The Labute approximate surface area is 172 Å². The van der Waals surface area contributed by atoms with Gasteiger partial charge in [0.15, 0.2) is 0 Å². The Bertz CT molecular complexity index is 1040. The number of para-hydroxylation sites is 1. The zero-order valence-electron chi connectivity index (χ0n) is 16.2. The van der Waals surface area contributed by atoms with Crippen LogP contribution in [0.4, 0.5) is 11.4 Å². The zero-order chi connectivity index (χ0) is 19.7. The van der Waals surface area contributed by atoms with E-state index in [1.165, 1.54) is 22.3 Å². The Morgan fingerprint density at radius 2 is 1.00 bits per heavy atom. The third-order valence-corrected chi connectivity index (χ3v) is 4.69. The SMILES string of the molecule is C(=Cc1ccc(Nc2ccccc2)cc1)C=C(c1ccccc1)c1ccccc1. The smallest absolute Gasteiger partial charge is 0.0384 e. The maximum atomic E-state index is 3.41. The highest BCUT2D eigenvalue weighted by atomic mass is 14.9. The van der Waals surface area contributed by atoms with Crippen LogP contribution >= 0.6 is 0 Å². The second-order valence-electron chi connectivity index (χ2n) is 6.78. The fourth-order valence-electron chi connectivity index (χ4n) is 3.22. The first-order chi connectivity index (χ1) is 14.4. The standard InChI is InChI=1S/C28H23N/c1-4-12-24(13-5-1)28(25-14-6-2-7-15-25)18-10-11-23-19-21-27(22-20-23)29-26-16-8-3-9-17-26/h1-22,29H. The second-order valence-corrected chi connectivity index (χ2v) is 6.78. The van der Waals surface area contributed by atoms with E-state index in [2.05, 4.69) is 108 Å². The lowest BCUT2D eigenvalue weighted by atomic mass is 9.97. The summed E-state index contributed by atoms with van der Waals surface area (Å²) in [6, 6.07) is 39.7. The summed E-state index contributed by atoms with van der Waals surface area (Å²) < 4.78 is 0. The van der Waals surface area contributed by atoms with E-state index in [0.29, 0.717) is 0 Å². The van der Waals surface area contributed by atoms with Gasteiger partial charge in [0.25, 0.3) is 0 Å². The average Bonchev–Trinajstić information content (AvgIpc) is 2.80. The number of anilines is 2. The van der Waals surface area contributed by atoms with Crippen molar-refractivity contribution >= 4 is 23.0 Å². The van der Waals surface area contributed by atoms with Crippen LogP contribution in [0.2, 0.25) is 0 Å². The van der Waals surface area contributed by atoms with E-state index in [1.54, 1.807) is 0 Å².